The van der Waals surface area contributed by atoms with Gasteiger partial charge in [-0.15, -0.1) is 11.3 Å². The molecule has 0 aliphatic carbocycles. The fourth-order valence-electron chi connectivity index (χ4n) is 2.75. The van der Waals surface area contributed by atoms with Gasteiger partial charge in [-0.3, -0.25) is 0 Å². The van der Waals surface area contributed by atoms with Crippen molar-refractivity contribution in [3.63, 3.8) is 0 Å². The molecule has 0 radical (unpaired) electrons. The lowest BCUT2D eigenvalue weighted by Gasteiger charge is -2.24. The van der Waals surface area contributed by atoms with E-state index < -0.39 is 0 Å². The highest BCUT2D eigenvalue weighted by Gasteiger charge is 2.41. The van der Waals surface area contributed by atoms with E-state index in [0.29, 0.717) is 17.9 Å². The van der Waals surface area contributed by atoms with Crippen LogP contribution in [0.3, 0.4) is 0 Å². The van der Waals surface area contributed by atoms with Crippen molar-refractivity contribution in [1.29, 1.82) is 0 Å². The smallest absolute Gasteiger partial charge is 0.0731 e. The van der Waals surface area contributed by atoms with Crippen molar-refractivity contribution in [2.45, 2.75) is 45.9 Å². The standard InChI is InChI=1S/C13H20BrNOS/c1-6-5-10(17-13(6)14)12(15)11-7(2)8(3)16-9(11)4/h5,7-9,11-12H,15H2,1-4H3. The SMILES string of the molecule is Cc1cc(C(N)C2C(C)OC(C)C2C)sc1Br. The maximum atomic E-state index is 6.44. The number of thiophene rings is 1. The second-order valence-corrected chi connectivity index (χ2v) is 7.52. The third kappa shape index (κ3) is 2.46. The Hall–Kier alpha value is 0.100. The third-order valence-electron chi connectivity index (χ3n) is 3.94. The van der Waals surface area contributed by atoms with Crippen LogP contribution in [-0.4, -0.2) is 12.2 Å². The minimum absolute atomic E-state index is 0.0833. The Labute approximate surface area is 116 Å². The molecule has 1 saturated heterocycles. The second-order valence-electron chi connectivity index (χ2n) is 5.11. The molecule has 1 fully saturated rings. The maximum Gasteiger partial charge on any atom is 0.0731 e. The van der Waals surface area contributed by atoms with Crippen LogP contribution in [0.25, 0.3) is 0 Å². The van der Waals surface area contributed by atoms with Crippen LogP contribution >= 0.6 is 27.3 Å². The van der Waals surface area contributed by atoms with Crippen LogP contribution in [0.15, 0.2) is 9.85 Å². The summed E-state index contributed by atoms with van der Waals surface area (Å²) in [4.78, 5) is 1.26. The van der Waals surface area contributed by atoms with E-state index in [0.717, 1.165) is 0 Å². The van der Waals surface area contributed by atoms with Crippen molar-refractivity contribution in [2.75, 3.05) is 0 Å². The summed E-state index contributed by atoms with van der Waals surface area (Å²) in [5.41, 5.74) is 7.71. The minimum atomic E-state index is 0.0833. The molecule has 2 nitrogen and oxygen atoms in total. The van der Waals surface area contributed by atoms with Crippen molar-refractivity contribution in [3.05, 3.63) is 20.3 Å². The molecule has 0 spiro atoms. The number of halogens is 1. The molecule has 0 saturated carbocycles. The van der Waals surface area contributed by atoms with Crippen LogP contribution < -0.4 is 5.73 Å². The van der Waals surface area contributed by atoms with E-state index in [1.165, 1.54) is 14.2 Å². The molecule has 1 aromatic heterocycles. The van der Waals surface area contributed by atoms with E-state index in [-0.39, 0.29) is 12.1 Å². The molecule has 5 atom stereocenters. The summed E-state index contributed by atoms with van der Waals surface area (Å²) in [5.74, 6) is 0.927. The molecule has 2 heterocycles. The fraction of sp³-hybridized carbons (Fsp3) is 0.692. The predicted octanol–water partition coefficient (Wildman–Crippen LogP) is 3.88. The number of aryl methyl sites for hydroxylation is 1. The number of hydrogen-bond donors (Lipinski definition) is 1. The minimum Gasteiger partial charge on any atom is -0.375 e. The predicted molar refractivity (Wildman–Crippen MR) is 76.3 cm³/mol. The Bertz CT molecular complexity index is 387. The van der Waals surface area contributed by atoms with Gasteiger partial charge in [0.25, 0.3) is 0 Å². The summed E-state index contributed by atoms with van der Waals surface area (Å²) in [6.45, 7) is 8.63. The summed E-state index contributed by atoms with van der Waals surface area (Å²) in [6.07, 6.45) is 0.557. The van der Waals surface area contributed by atoms with Gasteiger partial charge in [0.1, 0.15) is 0 Å². The van der Waals surface area contributed by atoms with Crippen LogP contribution in [-0.2, 0) is 4.74 Å². The van der Waals surface area contributed by atoms with Crippen LogP contribution in [0.5, 0.6) is 0 Å². The molecule has 1 aliphatic rings. The highest BCUT2D eigenvalue weighted by atomic mass is 79.9. The third-order valence-corrected chi connectivity index (χ3v) is 6.18. The topological polar surface area (TPSA) is 35.2 Å². The zero-order chi connectivity index (χ0) is 12.7. The number of ether oxygens (including phenoxy) is 1. The lowest BCUT2D eigenvalue weighted by molar-refractivity contribution is 0.0490. The van der Waals surface area contributed by atoms with Gasteiger partial charge in [0, 0.05) is 16.8 Å². The van der Waals surface area contributed by atoms with Gasteiger partial charge in [-0.25, -0.2) is 0 Å². The Balaban J connectivity index is 2.22. The summed E-state index contributed by atoms with van der Waals surface area (Å²) in [7, 11) is 0. The molecule has 2 rings (SSSR count). The van der Waals surface area contributed by atoms with E-state index >= 15 is 0 Å². The molecule has 17 heavy (non-hydrogen) atoms. The fourth-order valence-corrected chi connectivity index (χ4v) is 4.38. The molecule has 0 bridgehead atoms. The monoisotopic (exact) mass is 317 g/mol. The van der Waals surface area contributed by atoms with Crippen LogP contribution in [0.2, 0.25) is 0 Å². The van der Waals surface area contributed by atoms with E-state index in [1.807, 2.05) is 0 Å². The first-order valence-corrected chi connectivity index (χ1v) is 7.69. The molecule has 0 amide bonds. The molecular weight excluding hydrogens is 298 g/mol. The normalized spacial score (nSPS) is 35.2. The Morgan fingerprint density at radius 3 is 2.41 bits per heavy atom. The van der Waals surface area contributed by atoms with Crippen molar-refractivity contribution in [2.24, 2.45) is 17.6 Å². The van der Waals surface area contributed by atoms with Gasteiger partial charge in [0.15, 0.2) is 0 Å². The number of rotatable bonds is 2. The van der Waals surface area contributed by atoms with Crippen molar-refractivity contribution in [3.8, 4) is 0 Å². The Kier molecular flexibility index (Phi) is 3.98. The summed E-state index contributed by atoms with van der Waals surface area (Å²) in [6, 6.07) is 2.28. The first kappa shape index (κ1) is 13.5. The highest BCUT2D eigenvalue weighted by molar-refractivity contribution is 9.11. The largest absolute Gasteiger partial charge is 0.375 e. The molecule has 96 valence electrons. The maximum absolute atomic E-state index is 6.44. The molecule has 1 aromatic rings. The number of hydrogen-bond acceptors (Lipinski definition) is 3. The van der Waals surface area contributed by atoms with E-state index in [2.05, 4.69) is 49.7 Å². The van der Waals surface area contributed by atoms with Gasteiger partial charge >= 0.3 is 0 Å². The van der Waals surface area contributed by atoms with Gasteiger partial charge in [0.05, 0.1) is 16.0 Å². The average molecular weight is 318 g/mol. The molecular formula is C13H20BrNOS. The zero-order valence-electron chi connectivity index (χ0n) is 10.7. The lowest BCUT2D eigenvalue weighted by atomic mass is 9.83. The molecule has 0 aromatic carbocycles. The second kappa shape index (κ2) is 5.00. The summed E-state index contributed by atoms with van der Waals surface area (Å²) >= 11 is 5.32. The van der Waals surface area contributed by atoms with Crippen LogP contribution in [0.4, 0.5) is 0 Å². The van der Waals surface area contributed by atoms with E-state index in [9.17, 15) is 0 Å². The molecule has 5 unspecified atom stereocenters. The van der Waals surface area contributed by atoms with Gasteiger partial charge in [-0.2, -0.15) is 0 Å². The zero-order valence-corrected chi connectivity index (χ0v) is 13.1. The van der Waals surface area contributed by atoms with Gasteiger partial charge in [0.2, 0.25) is 0 Å². The van der Waals surface area contributed by atoms with Gasteiger partial charge in [-0.1, -0.05) is 6.92 Å². The first-order chi connectivity index (χ1) is 7.91. The van der Waals surface area contributed by atoms with Crippen molar-refractivity contribution in [1.82, 2.24) is 0 Å². The molecule has 2 N–H and O–H groups in total. The van der Waals surface area contributed by atoms with Gasteiger partial charge < -0.3 is 10.5 Å². The van der Waals surface area contributed by atoms with Crippen molar-refractivity contribution < 1.29 is 4.74 Å². The molecule has 1 aliphatic heterocycles. The van der Waals surface area contributed by atoms with E-state index in [1.54, 1.807) is 11.3 Å². The lowest BCUT2D eigenvalue weighted by Crippen LogP contribution is -2.30. The van der Waals surface area contributed by atoms with Crippen molar-refractivity contribution >= 4 is 27.3 Å². The highest BCUT2D eigenvalue weighted by Crippen LogP contribution is 2.42. The molecule has 4 heteroatoms. The first-order valence-electron chi connectivity index (χ1n) is 6.08. The average Bonchev–Trinajstić information content (AvgIpc) is 2.70. The quantitative estimate of drug-likeness (QED) is 0.898. The summed E-state index contributed by atoms with van der Waals surface area (Å²) < 4.78 is 7.07. The van der Waals surface area contributed by atoms with E-state index in [4.69, 9.17) is 10.5 Å². The van der Waals surface area contributed by atoms with Gasteiger partial charge in [-0.05, 0) is 54.2 Å². The number of nitrogens with two attached hydrogens (primary N) is 1. The Morgan fingerprint density at radius 1 is 1.35 bits per heavy atom. The Morgan fingerprint density at radius 2 is 2.00 bits per heavy atom. The van der Waals surface area contributed by atoms with Crippen LogP contribution in [0.1, 0.15) is 37.3 Å². The van der Waals surface area contributed by atoms with Crippen LogP contribution in [0, 0.1) is 18.8 Å². The summed E-state index contributed by atoms with van der Waals surface area (Å²) in [5, 5.41) is 0.